The van der Waals surface area contributed by atoms with Crippen LogP contribution in [0.15, 0.2) is 47.3 Å². The first kappa shape index (κ1) is 16.9. The molecule has 2 aromatic carbocycles. The molecule has 1 aliphatic heterocycles. The Labute approximate surface area is 155 Å². The maximum atomic E-state index is 13.2. The minimum Gasteiger partial charge on any atom is -0.329 e. The summed E-state index contributed by atoms with van der Waals surface area (Å²) in [6, 6.07) is 12.9. The van der Waals surface area contributed by atoms with Crippen molar-refractivity contribution in [2.24, 2.45) is 7.05 Å². The molecule has 4 rings (SSSR count). The van der Waals surface area contributed by atoms with Crippen molar-refractivity contribution >= 4 is 28.5 Å². The molecular formula is C19H19ClN4O2. The van der Waals surface area contributed by atoms with Gasteiger partial charge in [0.1, 0.15) is 0 Å². The highest BCUT2D eigenvalue weighted by Crippen LogP contribution is 2.26. The first-order valence-electron chi connectivity index (χ1n) is 8.50. The minimum absolute atomic E-state index is 0.0527. The third-order valence-electron chi connectivity index (χ3n) is 4.89. The van der Waals surface area contributed by atoms with Crippen molar-refractivity contribution in [1.29, 1.82) is 0 Å². The molecule has 0 bridgehead atoms. The van der Waals surface area contributed by atoms with Gasteiger partial charge in [0.2, 0.25) is 0 Å². The highest BCUT2D eigenvalue weighted by molar-refractivity contribution is 6.30. The van der Waals surface area contributed by atoms with Crippen LogP contribution in [0, 0.1) is 0 Å². The molecular weight excluding hydrogens is 352 g/mol. The number of rotatable bonds is 2. The smallest absolute Gasteiger partial charge is 0.326 e. The number of carbonyl (C=O) groups is 1. The number of amides is 1. The van der Waals surface area contributed by atoms with Gasteiger partial charge in [-0.1, -0.05) is 23.7 Å². The van der Waals surface area contributed by atoms with Gasteiger partial charge in [-0.15, -0.1) is 0 Å². The van der Waals surface area contributed by atoms with E-state index in [9.17, 15) is 9.59 Å². The zero-order chi connectivity index (χ0) is 18.3. The number of halogens is 1. The van der Waals surface area contributed by atoms with Gasteiger partial charge in [-0.3, -0.25) is 9.36 Å². The van der Waals surface area contributed by atoms with E-state index in [0.29, 0.717) is 29.2 Å². The summed E-state index contributed by atoms with van der Waals surface area (Å²) in [6.45, 7) is 2.03. The zero-order valence-corrected chi connectivity index (χ0v) is 15.1. The number of carbonyl (C=O) groups excluding carboxylic acids is 1. The molecule has 1 fully saturated rings. The second-order valence-corrected chi connectivity index (χ2v) is 6.93. The number of H-pyrrole nitrogens is 1. The normalized spacial score (nSPS) is 17.6. The van der Waals surface area contributed by atoms with Gasteiger partial charge in [-0.05, 0) is 35.9 Å². The van der Waals surface area contributed by atoms with Gasteiger partial charge in [0.05, 0.1) is 17.1 Å². The molecule has 7 heteroatoms. The maximum absolute atomic E-state index is 13.2. The lowest BCUT2D eigenvalue weighted by Gasteiger charge is -2.36. The number of hydrogen-bond donors (Lipinski definition) is 2. The van der Waals surface area contributed by atoms with Crippen LogP contribution in [0.4, 0.5) is 0 Å². The number of aromatic amines is 1. The summed E-state index contributed by atoms with van der Waals surface area (Å²) in [5, 5.41) is 4.00. The third kappa shape index (κ3) is 2.91. The predicted octanol–water partition coefficient (Wildman–Crippen LogP) is 2.31. The van der Waals surface area contributed by atoms with Crippen molar-refractivity contribution in [3.63, 3.8) is 0 Å². The van der Waals surface area contributed by atoms with Crippen molar-refractivity contribution in [3.8, 4) is 0 Å². The van der Waals surface area contributed by atoms with Crippen LogP contribution in [-0.4, -0.2) is 40.0 Å². The Morgan fingerprint density at radius 1 is 1.23 bits per heavy atom. The van der Waals surface area contributed by atoms with Crippen LogP contribution >= 0.6 is 11.6 Å². The van der Waals surface area contributed by atoms with E-state index in [1.54, 1.807) is 25.2 Å². The van der Waals surface area contributed by atoms with Crippen molar-refractivity contribution in [2.45, 2.75) is 6.04 Å². The molecule has 0 aliphatic carbocycles. The Bertz CT molecular complexity index is 1040. The molecule has 0 spiro atoms. The van der Waals surface area contributed by atoms with Crippen LogP contribution in [0.25, 0.3) is 11.0 Å². The molecule has 1 aromatic heterocycles. The largest absolute Gasteiger partial charge is 0.329 e. The number of aromatic nitrogens is 2. The van der Waals surface area contributed by atoms with Crippen molar-refractivity contribution < 1.29 is 4.79 Å². The van der Waals surface area contributed by atoms with Crippen molar-refractivity contribution in [3.05, 3.63) is 69.1 Å². The second kappa shape index (κ2) is 6.63. The van der Waals surface area contributed by atoms with E-state index in [0.717, 1.165) is 17.6 Å². The maximum Gasteiger partial charge on any atom is 0.326 e. The number of aryl methyl sites for hydroxylation is 1. The molecule has 1 amide bonds. The molecule has 1 unspecified atom stereocenters. The summed E-state index contributed by atoms with van der Waals surface area (Å²) in [5.74, 6) is -0.0527. The number of benzene rings is 2. The standard InChI is InChI=1S/C19H19ClN4O2/c1-23-16-6-5-13(10-15(16)22-19(23)26)18(25)24-8-7-21-11-17(24)12-3-2-4-14(20)9-12/h2-6,9-10,17,21H,7-8,11H2,1H3,(H,22,26). The molecule has 2 heterocycles. The first-order valence-corrected chi connectivity index (χ1v) is 8.88. The zero-order valence-electron chi connectivity index (χ0n) is 14.3. The lowest BCUT2D eigenvalue weighted by atomic mass is 10.0. The average molecular weight is 371 g/mol. The summed E-state index contributed by atoms with van der Waals surface area (Å²) in [5.41, 5.74) is 2.82. The van der Waals surface area contributed by atoms with Gasteiger partial charge in [0, 0.05) is 37.3 Å². The molecule has 134 valence electrons. The topological polar surface area (TPSA) is 70.1 Å². The highest BCUT2D eigenvalue weighted by Gasteiger charge is 2.29. The Balaban J connectivity index is 1.70. The second-order valence-electron chi connectivity index (χ2n) is 6.49. The van der Waals surface area contributed by atoms with Crippen LogP contribution < -0.4 is 11.0 Å². The summed E-state index contributed by atoms with van der Waals surface area (Å²) in [7, 11) is 1.70. The van der Waals surface area contributed by atoms with Crippen molar-refractivity contribution in [2.75, 3.05) is 19.6 Å². The van der Waals surface area contributed by atoms with E-state index < -0.39 is 0 Å². The molecule has 3 aromatic rings. The summed E-state index contributed by atoms with van der Waals surface area (Å²) >= 11 is 6.13. The van der Waals surface area contributed by atoms with Gasteiger partial charge in [-0.25, -0.2) is 4.79 Å². The van der Waals surface area contributed by atoms with E-state index in [2.05, 4.69) is 10.3 Å². The molecule has 2 N–H and O–H groups in total. The van der Waals surface area contributed by atoms with Crippen LogP contribution in [0.1, 0.15) is 22.0 Å². The monoisotopic (exact) mass is 370 g/mol. The fraction of sp³-hybridized carbons (Fsp3) is 0.263. The van der Waals surface area contributed by atoms with Crippen LogP contribution in [0.3, 0.4) is 0 Å². The van der Waals surface area contributed by atoms with Gasteiger partial charge >= 0.3 is 5.69 Å². The molecule has 1 aliphatic rings. The number of imidazole rings is 1. The molecule has 1 saturated heterocycles. The quantitative estimate of drug-likeness (QED) is 0.727. The fourth-order valence-electron chi connectivity index (χ4n) is 3.50. The van der Waals surface area contributed by atoms with E-state index in [4.69, 9.17) is 11.6 Å². The van der Waals surface area contributed by atoms with Gasteiger partial charge in [0.15, 0.2) is 0 Å². The number of nitrogens with one attached hydrogen (secondary N) is 2. The SMILES string of the molecule is Cn1c(=O)[nH]c2cc(C(=O)N3CCNCC3c3cccc(Cl)c3)ccc21. The number of fused-ring (bicyclic) bond motifs is 1. The Kier molecular flexibility index (Phi) is 4.30. The van der Waals surface area contributed by atoms with Crippen LogP contribution in [-0.2, 0) is 7.05 Å². The van der Waals surface area contributed by atoms with Gasteiger partial charge in [0.25, 0.3) is 5.91 Å². The van der Waals surface area contributed by atoms with Crippen LogP contribution in [0.2, 0.25) is 5.02 Å². The first-order chi connectivity index (χ1) is 12.5. The summed E-state index contributed by atoms with van der Waals surface area (Å²) < 4.78 is 1.53. The number of hydrogen-bond acceptors (Lipinski definition) is 3. The number of piperazine rings is 1. The highest BCUT2D eigenvalue weighted by atomic mass is 35.5. The van der Waals surface area contributed by atoms with E-state index in [1.807, 2.05) is 29.2 Å². The van der Waals surface area contributed by atoms with Crippen molar-refractivity contribution in [1.82, 2.24) is 19.8 Å². The molecule has 0 radical (unpaired) electrons. The Morgan fingerprint density at radius 2 is 2.08 bits per heavy atom. The Morgan fingerprint density at radius 3 is 2.88 bits per heavy atom. The van der Waals surface area contributed by atoms with Crippen LogP contribution in [0.5, 0.6) is 0 Å². The predicted molar refractivity (Wildman–Crippen MR) is 102 cm³/mol. The molecule has 0 saturated carbocycles. The van der Waals surface area contributed by atoms with Gasteiger partial charge in [-0.2, -0.15) is 0 Å². The van der Waals surface area contributed by atoms with E-state index >= 15 is 0 Å². The Hall–Kier alpha value is -2.57. The van der Waals surface area contributed by atoms with Gasteiger partial charge < -0.3 is 15.2 Å². The summed E-state index contributed by atoms with van der Waals surface area (Å²) in [6.07, 6.45) is 0. The minimum atomic E-state index is -0.191. The lowest BCUT2D eigenvalue weighted by molar-refractivity contribution is 0.0634. The third-order valence-corrected chi connectivity index (χ3v) is 5.12. The average Bonchev–Trinajstić information content (AvgIpc) is 2.94. The number of nitrogens with zero attached hydrogens (tertiary/aromatic N) is 2. The summed E-state index contributed by atoms with van der Waals surface area (Å²) in [4.78, 5) is 29.6. The molecule has 26 heavy (non-hydrogen) atoms. The molecule has 6 nitrogen and oxygen atoms in total. The van der Waals surface area contributed by atoms with E-state index in [1.165, 1.54) is 4.57 Å². The van der Waals surface area contributed by atoms with E-state index in [-0.39, 0.29) is 17.6 Å². The lowest BCUT2D eigenvalue weighted by Crippen LogP contribution is -2.48. The molecule has 1 atom stereocenters. The fourth-order valence-corrected chi connectivity index (χ4v) is 3.69.